The van der Waals surface area contributed by atoms with Crippen molar-refractivity contribution in [3.8, 4) is 0 Å². The molecule has 68 valence electrons. The van der Waals surface area contributed by atoms with Gasteiger partial charge in [-0.25, -0.2) is 0 Å². The molecule has 0 aromatic carbocycles. The molecule has 0 aromatic rings. The third kappa shape index (κ3) is 7.29. The van der Waals surface area contributed by atoms with Gasteiger partial charge in [0, 0.05) is 0 Å². The van der Waals surface area contributed by atoms with E-state index in [1.54, 1.807) is 6.08 Å². The summed E-state index contributed by atoms with van der Waals surface area (Å²) in [5.41, 5.74) is 0. The van der Waals surface area contributed by atoms with Gasteiger partial charge in [0.2, 0.25) is 0 Å². The molecule has 0 aliphatic heterocycles. The standard InChI is InChI=1S/C11H18O/c1-3-5-6-7-8-9-10-11(12)4-2/h3,5-8,11-12H,1,4,9-10H2,2H3/b6-5+,8-7-. The SMILES string of the molecule is C=C/C=C/C=C\CCC(O)CC. The summed E-state index contributed by atoms with van der Waals surface area (Å²) >= 11 is 0. The molecule has 0 bridgehead atoms. The summed E-state index contributed by atoms with van der Waals surface area (Å²) in [6, 6.07) is 0. The quantitative estimate of drug-likeness (QED) is 0.601. The number of hydrogen-bond donors (Lipinski definition) is 1. The van der Waals surface area contributed by atoms with Crippen LogP contribution in [0.15, 0.2) is 37.0 Å². The van der Waals surface area contributed by atoms with E-state index >= 15 is 0 Å². The summed E-state index contributed by atoms with van der Waals surface area (Å²) < 4.78 is 0. The van der Waals surface area contributed by atoms with E-state index in [2.05, 4.69) is 12.7 Å². The molecule has 0 aliphatic carbocycles. The summed E-state index contributed by atoms with van der Waals surface area (Å²) in [6.07, 6.45) is 12.1. The van der Waals surface area contributed by atoms with Gasteiger partial charge in [0.25, 0.3) is 0 Å². The number of aliphatic hydroxyl groups excluding tert-OH is 1. The molecule has 0 aromatic heterocycles. The predicted molar refractivity (Wildman–Crippen MR) is 54.0 cm³/mol. The Labute approximate surface area is 75.1 Å². The Kier molecular flexibility index (Phi) is 7.71. The third-order valence-electron chi connectivity index (χ3n) is 1.63. The summed E-state index contributed by atoms with van der Waals surface area (Å²) in [7, 11) is 0. The lowest BCUT2D eigenvalue weighted by Gasteiger charge is -2.02. The van der Waals surface area contributed by atoms with E-state index in [9.17, 15) is 5.11 Å². The number of hydrogen-bond acceptors (Lipinski definition) is 1. The molecule has 0 aliphatic rings. The Morgan fingerprint density at radius 2 is 2.08 bits per heavy atom. The highest BCUT2D eigenvalue weighted by atomic mass is 16.3. The lowest BCUT2D eigenvalue weighted by molar-refractivity contribution is 0.161. The maximum absolute atomic E-state index is 9.19. The van der Waals surface area contributed by atoms with Crippen molar-refractivity contribution in [3.63, 3.8) is 0 Å². The fraction of sp³-hybridized carbons (Fsp3) is 0.455. The maximum atomic E-state index is 9.19. The van der Waals surface area contributed by atoms with Crippen LogP contribution in [0.3, 0.4) is 0 Å². The Morgan fingerprint density at radius 3 is 2.67 bits per heavy atom. The highest BCUT2D eigenvalue weighted by Gasteiger charge is 1.96. The first-order valence-corrected chi connectivity index (χ1v) is 4.43. The second-order valence-electron chi connectivity index (χ2n) is 2.69. The van der Waals surface area contributed by atoms with Gasteiger partial charge in [-0.05, 0) is 19.3 Å². The second-order valence-corrected chi connectivity index (χ2v) is 2.69. The van der Waals surface area contributed by atoms with E-state index in [0.29, 0.717) is 0 Å². The van der Waals surface area contributed by atoms with Crippen LogP contribution < -0.4 is 0 Å². The summed E-state index contributed by atoms with van der Waals surface area (Å²) in [6.45, 7) is 5.55. The summed E-state index contributed by atoms with van der Waals surface area (Å²) in [5.74, 6) is 0. The summed E-state index contributed by atoms with van der Waals surface area (Å²) in [5, 5.41) is 9.19. The minimum absolute atomic E-state index is 0.141. The van der Waals surface area contributed by atoms with Crippen molar-refractivity contribution in [3.05, 3.63) is 37.0 Å². The zero-order valence-corrected chi connectivity index (χ0v) is 7.74. The molecule has 0 amide bonds. The highest BCUT2D eigenvalue weighted by Crippen LogP contribution is 2.01. The van der Waals surface area contributed by atoms with Crippen LogP contribution in [0.1, 0.15) is 26.2 Å². The van der Waals surface area contributed by atoms with E-state index in [-0.39, 0.29) is 6.10 Å². The Balaban J connectivity index is 3.35. The van der Waals surface area contributed by atoms with Crippen LogP contribution in [0.2, 0.25) is 0 Å². The summed E-state index contributed by atoms with van der Waals surface area (Å²) in [4.78, 5) is 0. The van der Waals surface area contributed by atoms with Gasteiger partial charge < -0.3 is 5.11 Å². The second kappa shape index (κ2) is 8.28. The van der Waals surface area contributed by atoms with Gasteiger partial charge in [0.15, 0.2) is 0 Å². The highest BCUT2D eigenvalue weighted by molar-refractivity contribution is 5.08. The van der Waals surface area contributed by atoms with E-state index < -0.39 is 0 Å². The average molecular weight is 166 g/mol. The van der Waals surface area contributed by atoms with Gasteiger partial charge in [0.1, 0.15) is 0 Å². The van der Waals surface area contributed by atoms with Gasteiger partial charge in [-0.2, -0.15) is 0 Å². The van der Waals surface area contributed by atoms with E-state index in [1.807, 2.05) is 25.2 Å². The Bertz CT molecular complexity index is 156. The minimum Gasteiger partial charge on any atom is -0.393 e. The van der Waals surface area contributed by atoms with Crippen molar-refractivity contribution in [2.45, 2.75) is 32.3 Å². The number of rotatable bonds is 6. The topological polar surface area (TPSA) is 20.2 Å². The lowest BCUT2D eigenvalue weighted by Crippen LogP contribution is -2.02. The smallest absolute Gasteiger partial charge is 0.0540 e. The molecule has 12 heavy (non-hydrogen) atoms. The van der Waals surface area contributed by atoms with E-state index in [1.165, 1.54) is 0 Å². The molecule has 0 rings (SSSR count). The van der Waals surface area contributed by atoms with Crippen molar-refractivity contribution in [2.75, 3.05) is 0 Å². The first kappa shape index (κ1) is 11.2. The number of allylic oxidation sites excluding steroid dienone is 5. The molecule has 0 fully saturated rings. The zero-order valence-electron chi connectivity index (χ0n) is 7.74. The Hall–Kier alpha value is -0.820. The van der Waals surface area contributed by atoms with Crippen LogP contribution in [-0.2, 0) is 0 Å². The first-order valence-electron chi connectivity index (χ1n) is 4.43. The van der Waals surface area contributed by atoms with Crippen molar-refractivity contribution in [2.24, 2.45) is 0 Å². The van der Waals surface area contributed by atoms with Gasteiger partial charge in [-0.1, -0.05) is 43.9 Å². The van der Waals surface area contributed by atoms with Crippen molar-refractivity contribution < 1.29 is 5.11 Å². The molecular formula is C11H18O. The molecule has 0 saturated heterocycles. The van der Waals surface area contributed by atoms with Crippen LogP contribution in [0.4, 0.5) is 0 Å². The van der Waals surface area contributed by atoms with Crippen molar-refractivity contribution >= 4 is 0 Å². The molecule has 1 heteroatoms. The molecular weight excluding hydrogens is 148 g/mol. The molecule has 0 radical (unpaired) electrons. The lowest BCUT2D eigenvalue weighted by atomic mass is 10.1. The predicted octanol–water partition coefficient (Wildman–Crippen LogP) is 2.84. The zero-order chi connectivity index (χ0) is 9.23. The van der Waals surface area contributed by atoms with Crippen molar-refractivity contribution in [1.82, 2.24) is 0 Å². The van der Waals surface area contributed by atoms with Gasteiger partial charge >= 0.3 is 0 Å². The van der Waals surface area contributed by atoms with Crippen molar-refractivity contribution in [1.29, 1.82) is 0 Å². The molecule has 1 N–H and O–H groups in total. The largest absolute Gasteiger partial charge is 0.393 e. The number of aliphatic hydroxyl groups is 1. The van der Waals surface area contributed by atoms with Gasteiger partial charge in [0.05, 0.1) is 6.10 Å². The molecule has 0 saturated carbocycles. The molecule has 1 unspecified atom stereocenters. The van der Waals surface area contributed by atoms with Crippen LogP contribution in [0.25, 0.3) is 0 Å². The van der Waals surface area contributed by atoms with E-state index in [4.69, 9.17) is 0 Å². The molecule has 0 spiro atoms. The Morgan fingerprint density at radius 1 is 1.33 bits per heavy atom. The maximum Gasteiger partial charge on any atom is 0.0540 e. The molecule has 1 atom stereocenters. The third-order valence-corrected chi connectivity index (χ3v) is 1.63. The molecule has 0 heterocycles. The molecule has 1 nitrogen and oxygen atoms in total. The van der Waals surface area contributed by atoms with Crippen LogP contribution in [0.5, 0.6) is 0 Å². The van der Waals surface area contributed by atoms with Gasteiger partial charge in [-0.3, -0.25) is 0 Å². The monoisotopic (exact) mass is 166 g/mol. The van der Waals surface area contributed by atoms with Crippen LogP contribution >= 0.6 is 0 Å². The average Bonchev–Trinajstić information content (AvgIpc) is 2.10. The fourth-order valence-corrected chi connectivity index (χ4v) is 0.810. The minimum atomic E-state index is -0.141. The van der Waals surface area contributed by atoms with Gasteiger partial charge in [-0.15, -0.1) is 0 Å². The first-order chi connectivity index (χ1) is 5.81. The van der Waals surface area contributed by atoms with E-state index in [0.717, 1.165) is 19.3 Å². The van der Waals surface area contributed by atoms with Crippen LogP contribution in [0, 0.1) is 0 Å². The fourth-order valence-electron chi connectivity index (χ4n) is 0.810. The normalized spacial score (nSPS) is 14.2. The van der Waals surface area contributed by atoms with Crippen LogP contribution in [-0.4, -0.2) is 11.2 Å².